The molecule has 4 rings (SSSR count). The molecule has 0 aromatic heterocycles. The second-order valence-corrected chi connectivity index (χ2v) is 8.08. The Morgan fingerprint density at radius 2 is 1.91 bits per heavy atom. The summed E-state index contributed by atoms with van der Waals surface area (Å²) in [7, 11) is 0. The van der Waals surface area contributed by atoms with E-state index in [9.17, 15) is 9.59 Å². The highest BCUT2D eigenvalue weighted by molar-refractivity contribution is 5.96. The van der Waals surface area contributed by atoms with Gasteiger partial charge in [-0.1, -0.05) is 19.1 Å². The molecule has 2 aromatic rings. The molecular weight excluding hydrogens is 416 g/mol. The van der Waals surface area contributed by atoms with Crippen molar-refractivity contribution < 1.29 is 9.59 Å². The minimum atomic E-state index is 0.108. The van der Waals surface area contributed by atoms with Gasteiger partial charge in [-0.2, -0.15) is 0 Å². The van der Waals surface area contributed by atoms with Gasteiger partial charge in [-0.3, -0.25) is 15.2 Å². The molecule has 0 atom stereocenters. The molecule has 33 heavy (non-hydrogen) atoms. The number of hydrogen-bond acceptors (Lipinski definition) is 8. The summed E-state index contributed by atoms with van der Waals surface area (Å²) in [6.07, 6.45) is 1.13. The van der Waals surface area contributed by atoms with Gasteiger partial charge in [0.2, 0.25) is 0 Å². The third-order valence-corrected chi connectivity index (χ3v) is 5.79. The number of Topliss-reactive ketones (excluding diaryl/α,β-unsaturated/α-hetero) is 1. The monoisotopic (exact) mass is 446 g/mol. The number of nitrogens with zero attached hydrogens (tertiary/aromatic N) is 3. The molecule has 2 aliphatic rings. The maximum atomic E-state index is 12.7. The molecule has 8 nitrogen and oxygen atoms in total. The van der Waals surface area contributed by atoms with Crippen LogP contribution in [0.4, 0.5) is 11.4 Å². The molecule has 1 saturated heterocycles. The molecule has 0 unspecified atom stereocenters. The summed E-state index contributed by atoms with van der Waals surface area (Å²) in [6.45, 7) is 6.52. The fraction of sp³-hybridized carbons (Fsp3) is 0.360. The highest BCUT2D eigenvalue weighted by Crippen LogP contribution is 2.22. The lowest BCUT2D eigenvalue weighted by molar-refractivity contribution is 0.0983. The van der Waals surface area contributed by atoms with E-state index in [2.05, 4.69) is 27.0 Å². The van der Waals surface area contributed by atoms with Gasteiger partial charge < -0.3 is 15.5 Å². The van der Waals surface area contributed by atoms with Crippen LogP contribution in [0.3, 0.4) is 0 Å². The Balaban J connectivity index is 1.30. The largest absolute Gasteiger partial charge is 0.354 e. The Labute approximate surface area is 194 Å². The number of benzene rings is 2. The summed E-state index contributed by atoms with van der Waals surface area (Å²) >= 11 is 0. The van der Waals surface area contributed by atoms with Crippen LogP contribution in [0.5, 0.6) is 0 Å². The van der Waals surface area contributed by atoms with Crippen molar-refractivity contribution in [1.82, 2.24) is 15.8 Å². The average molecular weight is 447 g/mol. The zero-order valence-corrected chi connectivity index (χ0v) is 18.9. The first-order valence-electron chi connectivity index (χ1n) is 11.4. The Bertz CT molecular complexity index is 1040. The van der Waals surface area contributed by atoms with Crippen molar-refractivity contribution in [1.29, 1.82) is 0 Å². The predicted octanol–water partition coefficient (Wildman–Crippen LogP) is 2.24. The lowest BCUT2D eigenvalue weighted by Crippen LogP contribution is -2.50. The summed E-state index contributed by atoms with van der Waals surface area (Å²) in [5.41, 5.74) is 7.52. The average Bonchev–Trinajstić information content (AvgIpc) is 3.37. The number of guanidine groups is 1. The Morgan fingerprint density at radius 1 is 1.12 bits per heavy atom. The van der Waals surface area contributed by atoms with Crippen LogP contribution >= 0.6 is 0 Å². The predicted molar refractivity (Wildman–Crippen MR) is 131 cm³/mol. The third-order valence-electron chi connectivity index (χ3n) is 5.79. The highest BCUT2D eigenvalue weighted by atomic mass is 16.1. The SMILES string of the molecule is CCNN1CCN(c2ccc(C(=O)CCc3ccc(NC4=NCCN4)cc3)cc2)C(=C=O)C1. The van der Waals surface area contributed by atoms with Gasteiger partial charge in [-0.15, -0.1) is 0 Å². The minimum absolute atomic E-state index is 0.108. The standard InChI is InChI=1S/C25H30N6O2/c1-2-28-30-15-16-31(23(17-30)18-32)22-10-6-20(7-11-22)24(33)12-5-19-3-8-21(9-4-19)29-25-26-13-14-27-25/h3-4,6-11,28H,2,5,12-17H2,1H3,(H2,26,27,29). The molecule has 0 aliphatic carbocycles. The van der Waals surface area contributed by atoms with Gasteiger partial charge in [0.25, 0.3) is 0 Å². The first kappa shape index (κ1) is 22.7. The summed E-state index contributed by atoms with van der Waals surface area (Å²) in [4.78, 5) is 30.5. The first-order valence-corrected chi connectivity index (χ1v) is 11.4. The maximum absolute atomic E-state index is 12.7. The number of aryl methyl sites for hydroxylation is 1. The van der Waals surface area contributed by atoms with Gasteiger partial charge in [0.05, 0.1) is 13.1 Å². The zero-order valence-electron chi connectivity index (χ0n) is 18.9. The number of anilines is 2. The summed E-state index contributed by atoms with van der Waals surface area (Å²) in [5, 5.41) is 8.45. The summed E-state index contributed by atoms with van der Waals surface area (Å²) in [5.74, 6) is 2.98. The van der Waals surface area contributed by atoms with Gasteiger partial charge in [-0.05, 0) is 48.4 Å². The molecule has 1 fully saturated rings. The molecular formula is C25H30N6O2. The second kappa shape index (κ2) is 10.9. The van der Waals surface area contributed by atoms with Crippen LogP contribution in [0.25, 0.3) is 0 Å². The Kier molecular flexibility index (Phi) is 7.52. The Hall–Kier alpha value is -3.45. The quantitative estimate of drug-likeness (QED) is 0.423. The summed E-state index contributed by atoms with van der Waals surface area (Å²) < 4.78 is 0. The zero-order chi connectivity index (χ0) is 23.0. The van der Waals surface area contributed by atoms with E-state index in [1.165, 1.54) is 0 Å². The molecule has 172 valence electrons. The van der Waals surface area contributed by atoms with Gasteiger partial charge in [0.1, 0.15) is 11.6 Å². The molecule has 0 saturated carbocycles. The maximum Gasteiger partial charge on any atom is 0.195 e. The number of carbonyl (C=O) groups excluding carboxylic acids is 2. The normalized spacial score (nSPS) is 16.2. The van der Waals surface area contributed by atoms with Crippen molar-refractivity contribution in [3.05, 3.63) is 65.4 Å². The smallest absolute Gasteiger partial charge is 0.195 e. The van der Waals surface area contributed by atoms with E-state index in [1.807, 2.05) is 65.4 Å². The number of piperazine rings is 1. The van der Waals surface area contributed by atoms with E-state index in [-0.39, 0.29) is 5.78 Å². The van der Waals surface area contributed by atoms with Crippen LogP contribution in [0.1, 0.15) is 29.3 Å². The lowest BCUT2D eigenvalue weighted by atomic mass is 10.0. The molecule has 2 aromatic carbocycles. The van der Waals surface area contributed by atoms with Crippen LogP contribution in [0.2, 0.25) is 0 Å². The fourth-order valence-corrected chi connectivity index (χ4v) is 4.03. The van der Waals surface area contributed by atoms with Crippen molar-refractivity contribution in [2.24, 2.45) is 4.99 Å². The molecule has 0 bridgehead atoms. The number of hydrazine groups is 1. The van der Waals surface area contributed by atoms with Crippen molar-refractivity contribution in [3.63, 3.8) is 0 Å². The number of carbonyl (C=O) groups is 1. The summed E-state index contributed by atoms with van der Waals surface area (Å²) in [6, 6.07) is 15.6. The van der Waals surface area contributed by atoms with E-state index in [0.717, 1.165) is 49.1 Å². The topological polar surface area (TPSA) is 89.1 Å². The first-order chi connectivity index (χ1) is 16.2. The van der Waals surface area contributed by atoms with Gasteiger partial charge >= 0.3 is 0 Å². The van der Waals surface area contributed by atoms with Crippen LogP contribution in [0.15, 0.2) is 59.2 Å². The number of nitrogens with one attached hydrogen (secondary N) is 3. The van der Waals surface area contributed by atoms with Crippen molar-refractivity contribution >= 4 is 29.1 Å². The number of ketones is 1. The van der Waals surface area contributed by atoms with Crippen molar-refractivity contribution in [3.8, 4) is 0 Å². The van der Waals surface area contributed by atoms with Gasteiger partial charge in [0.15, 0.2) is 11.7 Å². The number of hydrogen-bond donors (Lipinski definition) is 3. The van der Waals surface area contributed by atoms with Crippen LogP contribution in [-0.4, -0.2) is 62.0 Å². The minimum Gasteiger partial charge on any atom is -0.354 e. The van der Waals surface area contributed by atoms with E-state index in [0.29, 0.717) is 37.2 Å². The molecule has 8 heteroatoms. The van der Waals surface area contributed by atoms with E-state index in [4.69, 9.17) is 0 Å². The van der Waals surface area contributed by atoms with Crippen LogP contribution in [-0.2, 0) is 11.2 Å². The van der Waals surface area contributed by atoms with Crippen molar-refractivity contribution in [2.75, 3.05) is 49.5 Å². The number of rotatable bonds is 8. The molecule has 2 aliphatic heterocycles. The molecule has 2 heterocycles. The molecule has 0 spiro atoms. The van der Waals surface area contributed by atoms with Gasteiger partial charge in [-0.25, -0.2) is 9.80 Å². The highest BCUT2D eigenvalue weighted by Gasteiger charge is 2.23. The lowest BCUT2D eigenvalue weighted by Gasteiger charge is -2.36. The third kappa shape index (κ3) is 5.87. The Morgan fingerprint density at radius 3 is 2.58 bits per heavy atom. The van der Waals surface area contributed by atoms with E-state index < -0.39 is 0 Å². The van der Waals surface area contributed by atoms with E-state index in [1.54, 1.807) is 0 Å². The van der Waals surface area contributed by atoms with Crippen molar-refractivity contribution in [2.45, 2.75) is 19.8 Å². The van der Waals surface area contributed by atoms with E-state index >= 15 is 0 Å². The molecule has 3 N–H and O–H groups in total. The number of aliphatic imine (C=N–C) groups is 1. The van der Waals surface area contributed by atoms with Crippen LogP contribution in [0, 0.1) is 0 Å². The molecule has 0 radical (unpaired) electrons. The molecule has 0 amide bonds. The van der Waals surface area contributed by atoms with Gasteiger partial charge in [0, 0.05) is 49.5 Å². The fourth-order valence-electron chi connectivity index (χ4n) is 4.03. The van der Waals surface area contributed by atoms with Crippen LogP contribution < -0.4 is 21.0 Å². The second-order valence-electron chi connectivity index (χ2n) is 8.08.